The van der Waals surface area contributed by atoms with Crippen LogP contribution in [0.1, 0.15) is 59.8 Å². The highest BCUT2D eigenvalue weighted by molar-refractivity contribution is 7.07. The summed E-state index contributed by atoms with van der Waals surface area (Å²) in [6, 6.07) is 6.63. The number of nitro groups is 1. The average molecular weight is 441 g/mol. The molecule has 0 spiro atoms. The van der Waals surface area contributed by atoms with Gasteiger partial charge in [0.25, 0.3) is 5.69 Å². The number of aromatic nitrogens is 1. The van der Waals surface area contributed by atoms with Gasteiger partial charge in [-0.15, -0.1) is 11.3 Å². The van der Waals surface area contributed by atoms with Gasteiger partial charge in [-0.3, -0.25) is 15.1 Å². The minimum Gasteiger partial charge on any atom is -0.258 e. The molecular weight excluding hydrogens is 408 g/mol. The van der Waals surface area contributed by atoms with Gasteiger partial charge in [0, 0.05) is 28.8 Å². The molecule has 0 amide bonds. The van der Waals surface area contributed by atoms with E-state index in [1.54, 1.807) is 12.1 Å². The van der Waals surface area contributed by atoms with E-state index in [1.165, 1.54) is 35.6 Å². The number of nitro benzene ring substituents is 1. The normalized spacial score (nSPS) is 17.6. The molecular formula is C24H32N4O2S. The van der Waals surface area contributed by atoms with Crippen LogP contribution in [-0.4, -0.2) is 21.9 Å². The average Bonchev–Trinajstić information content (AvgIpc) is 3.15. The topological polar surface area (TPSA) is 72.8 Å². The molecule has 0 bridgehead atoms. The molecule has 0 unspecified atom stereocenters. The Hall–Kier alpha value is -2.54. The van der Waals surface area contributed by atoms with E-state index < -0.39 is 0 Å². The van der Waals surface area contributed by atoms with Crippen molar-refractivity contribution in [3.63, 3.8) is 0 Å². The Bertz CT molecular complexity index is 1030. The number of non-ortho nitro benzene ring substituents is 1. The summed E-state index contributed by atoms with van der Waals surface area (Å²) in [5.41, 5.74) is 4.44. The van der Waals surface area contributed by atoms with Crippen molar-refractivity contribution in [2.75, 3.05) is 6.54 Å². The van der Waals surface area contributed by atoms with Gasteiger partial charge in [-0.25, -0.2) is 4.68 Å². The number of hydrogen-bond donors (Lipinski definition) is 0. The lowest BCUT2D eigenvalue weighted by Gasteiger charge is -2.36. The van der Waals surface area contributed by atoms with E-state index in [-0.39, 0.29) is 10.6 Å². The number of rotatable bonds is 7. The Morgan fingerprint density at radius 3 is 2.48 bits per heavy atom. The van der Waals surface area contributed by atoms with Crippen molar-refractivity contribution in [2.24, 2.45) is 21.4 Å². The Morgan fingerprint density at radius 2 is 1.94 bits per heavy atom. The molecule has 0 aliphatic heterocycles. The molecule has 1 saturated carbocycles. The molecule has 166 valence electrons. The van der Waals surface area contributed by atoms with E-state index in [9.17, 15) is 10.1 Å². The summed E-state index contributed by atoms with van der Waals surface area (Å²) in [7, 11) is 0. The van der Waals surface area contributed by atoms with Crippen LogP contribution in [0.25, 0.3) is 11.3 Å². The van der Waals surface area contributed by atoms with Crippen molar-refractivity contribution < 1.29 is 4.92 Å². The third-order valence-corrected chi connectivity index (χ3v) is 7.22. The fourth-order valence-corrected chi connectivity index (χ4v) is 4.75. The first-order valence-corrected chi connectivity index (χ1v) is 11.8. The first-order valence-electron chi connectivity index (χ1n) is 10.9. The molecule has 1 aromatic heterocycles. The zero-order chi connectivity index (χ0) is 22.6. The monoisotopic (exact) mass is 440 g/mol. The van der Waals surface area contributed by atoms with E-state index >= 15 is 0 Å². The Morgan fingerprint density at radius 1 is 1.29 bits per heavy atom. The summed E-state index contributed by atoms with van der Waals surface area (Å²) in [5, 5.41) is 18.0. The van der Waals surface area contributed by atoms with Crippen molar-refractivity contribution in [1.82, 2.24) is 4.68 Å². The van der Waals surface area contributed by atoms with Crippen LogP contribution in [0, 0.1) is 21.4 Å². The number of hydrogen-bond acceptors (Lipinski definition) is 5. The molecule has 2 aromatic rings. The van der Waals surface area contributed by atoms with Crippen molar-refractivity contribution in [2.45, 2.75) is 59.8 Å². The molecule has 0 saturated heterocycles. The first kappa shape index (κ1) is 23.1. The summed E-state index contributed by atoms with van der Waals surface area (Å²) in [6.07, 6.45) is 5.51. The highest BCUT2D eigenvalue weighted by Gasteiger charge is 2.30. The van der Waals surface area contributed by atoms with Crippen LogP contribution in [0.15, 0.2) is 51.9 Å². The van der Waals surface area contributed by atoms with Crippen molar-refractivity contribution >= 4 is 22.7 Å². The molecule has 3 rings (SSSR count). The third-order valence-electron chi connectivity index (χ3n) is 6.36. The summed E-state index contributed by atoms with van der Waals surface area (Å²) >= 11 is 1.53. The minimum atomic E-state index is -0.379. The lowest BCUT2D eigenvalue weighted by atomic mass is 9.69. The molecule has 6 nitrogen and oxygen atoms in total. The van der Waals surface area contributed by atoms with Crippen molar-refractivity contribution in [1.29, 1.82) is 0 Å². The lowest BCUT2D eigenvalue weighted by Crippen LogP contribution is -2.28. The number of benzene rings is 1. The van der Waals surface area contributed by atoms with E-state index in [1.807, 2.05) is 17.0 Å². The number of nitrogens with zero attached hydrogens (tertiary/aromatic N) is 4. The summed E-state index contributed by atoms with van der Waals surface area (Å²) in [5.74, 6) is 0.727. The van der Waals surface area contributed by atoms with Crippen LogP contribution in [0.3, 0.4) is 0 Å². The Labute approximate surface area is 188 Å². The maximum Gasteiger partial charge on any atom is 0.269 e. The largest absolute Gasteiger partial charge is 0.269 e. The van der Waals surface area contributed by atoms with Crippen LogP contribution in [0.4, 0.5) is 5.69 Å². The highest BCUT2D eigenvalue weighted by atomic mass is 32.1. The zero-order valence-corrected chi connectivity index (χ0v) is 19.7. The van der Waals surface area contributed by atoms with Gasteiger partial charge in [0.15, 0.2) is 0 Å². The predicted molar refractivity (Wildman–Crippen MR) is 129 cm³/mol. The van der Waals surface area contributed by atoms with Crippen LogP contribution < -0.4 is 4.80 Å². The third kappa shape index (κ3) is 5.58. The molecule has 1 fully saturated rings. The van der Waals surface area contributed by atoms with Crippen LogP contribution in [-0.2, 0) is 0 Å². The molecule has 1 heterocycles. The van der Waals surface area contributed by atoms with Crippen LogP contribution >= 0.6 is 11.3 Å². The predicted octanol–water partition coefficient (Wildman–Crippen LogP) is 6.43. The van der Waals surface area contributed by atoms with E-state index in [0.717, 1.165) is 53.2 Å². The molecule has 31 heavy (non-hydrogen) atoms. The fraction of sp³-hybridized carbons (Fsp3) is 0.500. The Balaban J connectivity index is 1.95. The second-order valence-electron chi connectivity index (χ2n) is 9.08. The number of thiazole rings is 1. The van der Waals surface area contributed by atoms with Gasteiger partial charge in [-0.05, 0) is 56.1 Å². The van der Waals surface area contributed by atoms with E-state index in [4.69, 9.17) is 10.1 Å². The molecule has 0 atom stereocenters. The maximum absolute atomic E-state index is 11.0. The standard InChI is InChI=1S/C24H32N4O2S/c1-6-24(4,5)19-9-11-20(12-10-19)26-27-22(16-31-23(27)25-15-17(2)3)18-7-13-21(14-8-18)28(29)30/h7-8,13-14,16,19H,2,6,9-12,15H2,1,3-5H3. The summed E-state index contributed by atoms with van der Waals surface area (Å²) in [4.78, 5) is 16.1. The summed E-state index contributed by atoms with van der Waals surface area (Å²) in [6.45, 7) is 13.5. The van der Waals surface area contributed by atoms with Gasteiger partial charge in [0.05, 0.1) is 17.2 Å². The van der Waals surface area contributed by atoms with Crippen molar-refractivity contribution in [3.05, 3.63) is 56.7 Å². The van der Waals surface area contributed by atoms with Gasteiger partial charge in [-0.1, -0.05) is 39.3 Å². The van der Waals surface area contributed by atoms with Crippen molar-refractivity contribution in [3.8, 4) is 11.3 Å². The van der Waals surface area contributed by atoms with Gasteiger partial charge >= 0.3 is 0 Å². The summed E-state index contributed by atoms with van der Waals surface area (Å²) < 4.78 is 1.91. The smallest absolute Gasteiger partial charge is 0.258 e. The van der Waals surface area contributed by atoms with Gasteiger partial charge < -0.3 is 0 Å². The molecule has 7 heteroatoms. The van der Waals surface area contributed by atoms with Gasteiger partial charge in [0.2, 0.25) is 4.80 Å². The zero-order valence-electron chi connectivity index (χ0n) is 18.9. The SMILES string of the molecule is C=C(C)CN=c1scc(-c2ccc([N+](=O)[O-])cc2)n1N=C1CCC(C(C)(C)CC)CC1. The van der Waals surface area contributed by atoms with Gasteiger partial charge in [0.1, 0.15) is 0 Å². The molecule has 0 N–H and O–H groups in total. The highest BCUT2D eigenvalue weighted by Crippen LogP contribution is 2.39. The molecule has 1 aliphatic carbocycles. The maximum atomic E-state index is 11.0. The quantitative estimate of drug-likeness (QED) is 0.283. The fourth-order valence-electron chi connectivity index (χ4n) is 3.92. The second kappa shape index (κ2) is 9.73. The molecule has 1 aliphatic rings. The molecule has 1 aromatic carbocycles. The van der Waals surface area contributed by atoms with Crippen LogP contribution in [0.5, 0.6) is 0 Å². The first-order chi connectivity index (χ1) is 14.7. The van der Waals surface area contributed by atoms with E-state index in [0.29, 0.717) is 12.0 Å². The van der Waals surface area contributed by atoms with Crippen LogP contribution in [0.2, 0.25) is 0 Å². The minimum absolute atomic E-state index is 0.0842. The lowest BCUT2D eigenvalue weighted by molar-refractivity contribution is -0.384. The van der Waals surface area contributed by atoms with E-state index in [2.05, 4.69) is 27.4 Å². The molecule has 0 radical (unpaired) electrons. The Kier molecular flexibility index (Phi) is 7.26. The van der Waals surface area contributed by atoms with Gasteiger partial charge in [-0.2, -0.15) is 5.10 Å². The second-order valence-corrected chi connectivity index (χ2v) is 9.91.